The largest absolute Gasteiger partial charge is 0.314 e. The molecule has 106 valence electrons. The van der Waals surface area contributed by atoms with Crippen LogP contribution in [0.5, 0.6) is 0 Å². The van der Waals surface area contributed by atoms with Crippen molar-refractivity contribution < 1.29 is 0 Å². The molecule has 0 spiro atoms. The predicted octanol–water partition coefficient (Wildman–Crippen LogP) is 4.08. The molecule has 2 nitrogen and oxygen atoms in total. The summed E-state index contributed by atoms with van der Waals surface area (Å²) in [5.74, 6) is 1.65. The molecule has 1 saturated carbocycles. The fourth-order valence-electron chi connectivity index (χ4n) is 3.32. The molecule has 0 radical (unpaired) electrons. The second-order valence-electron chi connectivity index (χ2n) is 5.87. The number of nitrogens with one attached hydrogen (secondary N) is 1. The second kappa shape index (κ2) is 7.25. The number of nitrogens with zero attached hydrogens (tertiary/aromatic N) is 1. The van der Waals surface area contributed by atoms with E-state index in [0.717, 1.165) is 29.8 Å². The zero-order chi connectivity index (χ0) is 13.7. The van der Waals surface area contributed by atoms with E-state index in [1.54, 1.807) is 6.20 Å². The third-order valence-electron chi connectivity index (χ3n) is 4.31. The first-order valence-corrected chi connectivity index (χ1v) is 7.90. The van der Waals surface area contributed by atoms with Gasteiger partial charge in [-0.3, -0.25) is 4.98 Å². The number of pyridine rings is 1. The Morgan fingerprint density at radius 1 is 1.47 bits per heavy atom. The highest BCUT2D eigenvalue weighted by Gasteiger charge is 2.26. The van der Waals surface area contributed by atoms with Crippen LogP contribution in [0.25, 0.3) is 0 Å². The summed E-state index contributed by atoms with van der Waals surface area (Å²) in [7, 11) is 0. The van der Waals surface area contributed by atoms with Gasteiger partial charge in [-0.1, -0.05) is 38.3 Å². The van der Waals surface area contributed by atoms with Gasteiger partial charge >= 0.3 is 0 Å². The van der Waals surface area contributed by atoms with Crippen molar-refractivity contribution in [1.82, 2.24) is 10.3 Å². The van der Waals surface area contributed by atoms with Crippen LogP contribution in [0.3, 0.4) is 0 Å². The summed E-state index contributed by atoms with van der Waals surface area (Å²) in [6, 6.07) is 2.60. The molecule has 0 aromatic carbocycles. The molecular formula is C16H25ClN2. The van der Waals surface area contributed by atoms with E-state index in [1.807, 2.05) is 6.20 Å². The van der Waals surface area contributed by atoms with Crippen molar-refractivity contribution in [1.29, 1.82) is 0 Å². The number of aromatic nitrogens is 1. The molecule has 1 aliphatic carbocycles. The molecular weight excluding hydrogens is 256 g/mol. The van der Waals surface area contributed by atoms with Crippen molar-refractivity contribution in [2.24, 2.45) is 11.8 Å². The van der Waals surface area contributed by atoms with Gasteiger partial charge in [-0.2, -0.15) is 0 Å². The summed E-state index contributed by atoms with van der Waals surface area (Å²) in [6.45, 7) is 5.60. The van der Waals surface area contributed by atoms with Gasteiger partial charge in [0.15, 0.2) is 0 Å². The first-order valence-electron chi connectivity index (χ1n) is 7.52. The fourth-order valence-corrected chi connectivity index (χ4v) is 3.52. The molecule has 3 unspecified atom stereocenters. The van der Waals surface area contributed by atoms with Gasteiger partial charge < -0.3 is 5.32 Å². The van der Waals surface area contributed by atoms with Gasteiger partial charge in [0.25, 0.3) is 0 Å². The van der Waals surface area contributed by atoms with Crippen LogP contribution in [-0.4, -0.2) is 17.6 Å². The van der Waals surface area contributed by atoms with Crippen LogP contribution in [0, 0.1) is 11.8 Å². The molecule has 3 heteroatoms. The molecule has 1 aromatic rings. The Morgan fingerprint density at radius 2 is 2.32 bits per heavy atom. The Labute approximate surface area is 122 Å². The van der Waals surface area contributed by atoms with Crippen LogP contribution >= 0.6 is 11.6 Å². The lowest BCUT2D eigenvalue weighted by molar-refractivity contribution is 0.222. The first-order chi connectivity index (χ1) is 9.20. The topological polar surface area (TPSA) is 24.9 Å². The lowest BCUT2D eigenvalue weighted by atomic mass is 9.77. The maximum Gasteiger partial charge on any atom is 0.0621 e. The lowest BCUT2D eigenvalue weighted by Crippen LogP contribution is -2.40. The molecule has 0 saturated heterocycles. The van der Waals surface area contributed by atoms with Gasteiger partial charge in [-0.05, 0) is 49.3 Å². The zero-order valence-corrected chi connectivity index (χ0v) is 12.8. The van der Waals surface area contributed by atoms with Gasteiger partial charge in [-0.25, -0.2) is 0 Å². The van der Waals surface area contributed by atoms with E-state index in [2.05, 4.69) is 30.2 Å². The van der Waals surface area contributed by atoms with E-state index in [0.29, 0.717) is 6.04 Å². The highest BCUT2D eigenvalue weighted by molar-refractivity contribution is 6.31. The number of hydrogen-bond acceptors (Lipinski definition) is 2. The van der Waals surface area contributed by atoms with Crippen molar-refractivity contribution in [2.45, 2.75) is 52.0 Å². The van der Waals surface area contributed by atoms with Crippen LogP contribution in [0.15, 0.2) is 18.5 Å². The smallest absolute Gasteiger partial charge is 0.0621 e. The van der Waals surface area contributed by atoms with Crippen molar-refractivity contribution in [3.8, 4) is 0 Å². The van der Waals surface area contributed by atoms with E-state index in [-0.39, 0.29) is 0 Å². The van der Waals surface area contributed by atoms with Gasteiger partial charge in [-0.15, -0.1) is 0 Å². The minimum absolute atomic E-state index is 0.549. The molecule has 1 fully saturated rings. The average molecular weight is 281 g/mol. The minimum Gasteiger partial charge on any atom is -0.314 e. The van der Waals surface area contributed by atoms with E-state index in [1.165, 1.54) is 31.2 Å². The maximum absolute atomic E-state index is 6.25. The zero-order valence-electron chi connectivity index (χ0n) is 12.0. The molecule has 2 rings (SSSR count). The molecule has 0 aliphatic heterocycles. The molecule has 0 amide bonds. The lowest BCUT2D eigenvalue weighted by Gasteiger charge is -2.34. The first kappa shape index (κ1) is 14.8. The van der Waals surface area contributed by atoms with Gasteiger partial charge in [0.2, 0.25) is 0 Å². The van der Waals surface area contributed by atoms with Crippen LogP contribution in [0.4, 0.5) is 0 Å². The Bertz CT molecular complexity index is 394. The molecule has 1 N–H and O–H groups in total. The number of rotatable bonds is 5. The number of likely N-dealkylation sites (N-methyl/N-ethyl adjacent to an activating group) is 1. The van der Waals surface area contributed by atoms with Crippen LogP contribution in [-0.2, 0) is 6.42 Å². The Hall–Kier alpha value is -0.600. The van der Waals surface area contributed by atoms with Gasteiger partial charge in [0, 0.05) is 18.4 Å². The molecule has 1 aliphatic rings. The summed E-state index contributed by atoms with van der Waals surface area (Å²) in [5.41, 5.74) is 1.22. The van der Waals surface area contributed by atoms with E-state index < -0.39 is 0 Å². The summed E-state index contributed by atoms with van der Waals surface area (Å²) in [5, 5.41) is 4.47. The van der Waals surface area contributed by atoms with Crippen LogP contribution < -0.4 is 5.32 Å². The highest BCUT2D eigenvalue weighted by Crippen LogP contribution is 2.32. The van der Waals surface area contributed by atoms with Crippen LogP contribution in [0.1, 0.15) is 45.1 Å². The summed E-state index contributed by atoms with van der Waals surface area (Å²) in [4.78, 5) is 4.07. The quantitative estimate of drug-likeness (QED) is 0.879. The minimum atomic E-state index is 0.549. The van der Waals surface area contributed by atoms with Crippen molar-refractivity contribution in [3.05, 3.63) is 29.0 Å². The van der Waals surface area contributed by atoms with Gasteiger partial charge in [0.1, 0.15) is 0 Å². The highest BCUT2D eigenvalue weighted by atomic mass is 35.5. The second-order valence-corrected chi connectivity index (χ2v) is 6.27. The SMILES string of the molecule is CCNC(Cc1ccncc1Cl)C1CCCC(C)C1. The number of hydrogen-bond donors (Lipinski definition) is 1. The monoisotopic (exact) mass is 280 g/mol. The standard InChI is InChI=1S/C16H25ClN2/c1-3-19-16(14-6-4-5-12(2)9-14)10-13-7-8-18-11-15(13)17/h7-8,11-12,14,16,19H,3-6,9-10H2,1-2H3. The normalized spacial score (nSPS) is 25.2. The number of halogens is 1. The third kappa shape index (κ3) is 4.19. The molecule has 19 heavy (non-hydrogen) atoms. The van der Waals surface area contributed by atoms with E-state index in [4.69, 9.17) is 11.6 Å². The summed E-state index contributed by atoms with van der Waals surface area (Å²) >= 11 is 6.25. The van der Waals surface area contributed by atoms with Crippen molar-refractivity contribution in [2.75, 3.05) is 6.54 Å². The average Bonchev–Trinajstić information content (AvgIpc) is 2.40. The van der Waals surface area contributed by atoms with Crippen molar-refractivity contribution >= 4 is 11.6 Å². The van der Waals surface area contributed by atoms with Gasteiger partial charge in [0.05, 0.1) is 5.02 Å². The molecule has 1 heterocycles. The van der Waals surface area contributed by atoms with Crippen LogP contribution in [0.2, 0.25) is 5.02 Å². The Balaban J connectivity index is 2.05. The predicted molar refractivity (Wildman–Crippen MR) is 81.5 cm³/mol. The summed E-state index contributed by atoms with van der Waals surface area (Å²) in [6.07, 6.45) is 10.1. The third-order valence-corrected chi connectivity index (χ3v) is 4.65. The van der Waals surface area contributed by atoms with E-state index in [9.17, 15) is 0 Å². The maximum atomic E-state index is 6.25. The Morgan fingerprint density at radius 3 is 3.00 bits per heavy atom. The fraction of sp³-hybridized carbons (Fsp3) is 0.688. The Kier molecular flexibility index (Phi) is 5.65. The molecule has 3 atom stereocenters. The molecule has 0 bridgehead atoms. The van der Waals surface area contributed by atoms with Crippen molar-refractivity contribution in [3.63, 3.8) is 0 Å². The van der Waals surface area contributed by atoms with E-state index >= 15 is 0 Å². The molecule has 1 aromatic heterocycles. The summed E-state index contributed by atoms with van der Waals surface area (Å²) < 4.78 is 0.